The summed E-state index contributed by atoms with van der Waals surface area (Å²) in [7, 11) is 0. The van der Waals surface area contributed by atoms with E-state index in [9.17, 15) is 14.3 Å². The molecule has 5 heteroatoms. The maximum Gasteiger partial charge on any atom is 0.251 e. The van der Waals surface area contributed by atoms with Gasteiger partial charge in [-0.25, -0.2) is 4.39 Å². The molecular weight excluding hydrogens is 307 g/mol. The van der Waals surface area contributed by atoms with Crippen LogP contribution in [0.2, 0.25) is 0 Å². The molecule has 0 bridgehead atoms. The molecule has 0 aliphatic carbocycles. The van der Waals surface area contributed by atoms with Crippen LogP contribution in [-0.2, 0) is 0 Å². The molecule has 1 saturated heterocycles. The molecule has 3 rings (SSSR count). The van der Waals surface area contributed by atoms with Crippen LogP contribution >= 0.6 is 0 Å². The second-order valence-corrected chi connectivity index (χ2v) is 6.00. The summed E-state index contributed by atoms with van der Waals surface area (Å²) < 4.78 is 14.3. The minimum absolute atomic E-state index is 0.0817. The van der Waals surface area contributed by atoms with E-state index in [-0.39, 0.29) is 17.9 Å². The van der Waals surface area contributed by atoms with E-state index in [0.29, 0.717) is 5.69 Å². The van der Waals surface area contributed by atoms with Crippen LogP contribution in [0.4, 0.5) is 10.1 Å². The molecule has 0 aromatic heterocycles. The number of halogens is 1. The van der Waals surface area contributed by atoms with Gasteiger partial charge in [-0.05, 0) is 36.6 Å². The Balaban J connectivity index is 1.61. The van der Waals surface area contributed by atoms with Gasteiger partial charge in [0.15, 0.2) is 0 Å². The fourth-order valence-corrected chi connectivity index (χ4v) is 2.95. The Morgan fingerprint density at radius 3 is 2.54 bits per heavy atom. The highest BCUT2D eigenvalue weighted by Crippen LogP contribution is 2.24. The van der Waals surface area contributed by atoms with Crippen LogP contribution in [0.15, 0.2) is 48.5 Å². The van der Waals surface area contributed by atoms with Crippen molar-refractivity contribution in [2.75, 3.05) is 24.5 Å². The molecule has 1 aliphatic heterocycles. The lowest BCUT2D eigenvalue weighted by atomic mass is 10.1. The predicted octanol–water partition coefficient (Wildman–Crippen LogP) is 2.89. The zero-order valence-electron chi connectivity index (χ0n) is 13.4. The van der Waals surface area contributed by atoms with Crippen LogP contribution < -0.4 is 10.2 Å². The summed E-state index contributed by atoms with van der Waals surface area (Å²) in [4.78, 5) is 14.2. The summed E-state index contributed by atoms with van der Waals surface area (Å²) >= 11 is 0. The number of amides is 1. The lowest BCUT2D eigenvalue weighted by molar-refractivity contribution is 0.0916. The van der Waals surface area contributed by atoms with Crippen molar-refractivity contribution in [3.63, 3.8) is 0 Å². The predicted molar refractivity (Wildman–Crippen MR) is 91.6 cm³/mol. The number of benzene rings is 2. The first-order valence-electron chi connectivity index (χ1n) is 8.21. The molecule has 0 spiro atoms. The summed E-state index contributed by atoms with van der Waals surface area (Å²) in [6.45, 7) is 1.79. The highest BCUT2D eigenvalue weighted by Gasteiger charge is 2.18. The van der Waals surface area contributed by atoms with Crippen LogP contribution in [0.3, 0.4) is 0 Å². The number of carbonyl (C=O) groups is 1. The van der Waals surface area contributed by atoms with Gasteiger partial charge in [-0.1, -0.05) is 30.3 Å². The Morgan fingerprint density at radius 1 is 1.17 bits per heavy atom. The number of anilines is 1. The van der Waals surface area contributed by atoms with Gasteiger partial charge in [-0.2, -0.15) is 0 Å². The van der Waals surface area contributed by atoms with Crippen molar-refractivity contribution in [2.24, 2.45) is 0 Å². The summed E-state index contributed by atoms with van der Waals surface area (Å²) in [5.74, 6) is -0.773. The Labute approximate surface area is 140 Å². The number of aliphatic hydroxyl groups excluding tert-OH is 1. The molecule has 2 N–H and O–H groups in total. The lowest BCUT2D eigenvalue weighted by Gasteiger charge is -2.18. The number of aliphatic hydroxyl groups is 1. The van der Waals surface area contributed by atoms with Crippen molar-refractivity contribution in [3.05, 3.63) is 65.5 Å². The zero-order chi connectivity index (χ0) is 16.9. The van der Waals surface area contributed by atoms with Crippen LogP contribution in [0.25, 0.3) is 0 Å². The minimum atomic E-state index is -0.788. The van der Waals surface area contributed by atoms with E-state index in [1.165, 1.54) is 6.07 Å². The third-order valence-corrected chi connectivity index (χ3v) is 4.30. The summed E-state index contributed by atoms with van der Waals surface area (Å²) in [6, 6.07) is 13.6. The van der Waals surface area contributed by atoms with Crippen molar-refractivity contribution in [1.29, 1.82) is 0 Å². The third kappa shape index (κ3) is 3.74. The first-order valence-corrected chi connectivity index (χ1v) is 8.21. The SMILES string of the molecule is O=C(NC[C@@H](O)c1ccccc1)c1ccc(N2CCCC2)c(F)c1. The minimum Gasteiger partial charge on any atom is -0.387 e. The quantitative estimate of drug-likeness (QED) is 0.887. The maximum atomic E-state index is 14.3. The van der Waals surface area contributed by atoms with E-state index in [1.807, 2.05) is 23.1 Å². The Bertz CT molecular complexity index is 700. The van der Waals surface area contributed by atoms with Gasteiger partial charge < -0.3 is 15.3 Å². The second-order valence-electron chi connectivity index (χ2n) is 6.00. The van der Waals surface area contributed by atoms with Gasteiger partial charge >= 0.3 is 0 Å². The van der Waals surface area contributed by atoms with Crippen molar-refractivity contribution in [3.8, 4) is 0 Å². The number of rotatable bonds is 5. The van der Waals surface area contributed by atoms with E-state index >= 15 is 0 Å². The van der Waals surface area contributed by atoms with Crippen LogP contribution in [-0.4, -0.2) is 30.6 Å². The second kappa shape index (κ2) is 7.45. The molecular formula is C19H21FN2O2. The van der Waals surface area contributed by atoms with Crippen LogP contribution in [0, 0.1) is 5.82 Å². The number of nitrogens with one attached hydrogen (secondary N) is 1. The van der Waals surface area contributed by atoms with Gasteiger partial charge in [-0.3, -0.25) is 4.79 Å². The largest absolute Gasteiger partial charge is 0.387 e. The molecule has 1 heterocycles. The van der Waals surface area contributed by atoms with Crippen molar-refractivity contribution in [2.45, 2.75) is 18.9 Å². The van der Waals surface area contributed by atoms with Crippen molar-refractivity contribution >= 4 is 11.6 Å². The third-order valence-electron chi connectivity index (χ3n) is 4.30. The van der Waals surface area contributed by atoms with Gasteiger partial charge in [0.25, 0.3) is 5.91 Å². The fraction of sp³-hybridized carbons (Fsp3) is 0.316. The number of nitrogens with zero attached hydrogens (tertiary/aromatic N) is 1. The number of hydrogen-bond donors (Lipinski definition) is 2. The van der Waals surface area contributed by atoms with Crippen LogP contribution in [0.5, 0.6) is 0 Å². The number of carbonyl (C=O) groups excluding carboxylic acids is 1. The van der Waals surface area contributed by atoms with E-state index in [1.54, 1.807) is 24.3 Å². The lowest BCUT2D eigenvalue weighted by Crippen LogP contribution is -2.28. The topological polar surface area (TPSA) is 52.6 Å². The van der Waals surface area contributed by atoms with E-state index in [0.717, 1.165) is 31.5 Å². The molecule has 1 atom stereocenters. The molecule has 0 unspecified atom stereocenters. The van der Waals surface area contributed by atoms with Gasteiger partial charge in [-0.15, -0.1) is 0 Å². The van der Waals surface area contributed by atoms with Gasteiger partial charge in [0.2, 0.25) is 0 Å². The Kier molecular flexibility index (Phi) is 5.11. The summed E-state index contributed by atoms with van der Waals surface area (Å²) in [5.41, 5.74) is 1.54. The molecule has 2 aromatic carbocycles. The van der Waals surface area contributed by atoms with E-state index < -0.39 is 12.0 Å². The monoisotopic (exact) mass is 328 g/mol. The average Bonchev–Trinajstić information content (AvgIpc) is 3.14. The van der Waals surface area contributed by atoms with Crippen LogP contribution in [0.1, 0.15) is 34.9 Å². The molecule has 0 saturated carbocycles. The fourth-order valence-electron chi connectivity index (χ4n) is 2.95. The smallest absolute Gasteiger partial charge is 0.251 e. The molecule has 24 heavy (non-hydrogen) atoms. The van der Waals surface area contributed by atoms with Crippen molar-refractivity contribution < 1.29 is 14.3 Å². The van der Waals surface area contributed by atoms with E-state index in [2.05, 4.69) is 5.32 Å². The average molecular weight is 328 g/mol. The van der Waals surface area contributed by atoms with E-state index in [4.69, 9.17) is 0 Å². The highest BCUT2D eigenvalue weighted by atomic mass is 19.1. The molecule has 1 aliphatic rings. The first kappa shape index (κ1) is 16.5. The molecule has 1 amide bonds. The maximum absolute atomic E-state index is 14.3. The molecule has 2 aromatic rings. The normalized spacial score (nSPS) is 15.3. The molecule has 1 fully saturated rings. The van der Waals surface area contributed by atoms with Crippen molar-refractivity contribution in [1.82, 2.24) is 5.32 Å². The standard InChI is InChI=1S/C19H21FN2O2/c20-16-12-15(8-9-17(16)22-10-4-5-11-22)19(24)21-13-18(23)14-6-2-1-3-7-14/h1-3,6-9,12,18,23H,4-5,10-11,13H2,(H,21,24)/t18-/m1/s1. The van der Waals surface area contributed by atoms with Gasteiger partial charge in [0.05, 0.1) is 11.8 Å². The Hall–Kier alpha value is -2.40. The summed E-state index contributed by atoms with van der Waals surface area (Å²) in [6.07, 6.45) is 1.35. The first-order chi connectivity index (χ1) is 11.6. The molecule has 4 nitrogen and oxygen atoms in total. The van der Waals surface area contributed by atoms with Gasteiger partial charge in [0, 0.05) is 25.2 Å². The van der Waals surface area contributed by atoms with Gasteiger partial charge in [0.1, 0.15) is 5.82 Å². The Morgan fingerprint density at radius 2 is 1.88 bits per heavy atom. The molecule has 0 radical (unpaired) electrons. The zero-order valence-corrected chi connectivity index (χ0v) is 13.4. The number of hydrogen-bond acceptors (Lipinski definition) is 3. The molecule has 126 valence electrons. The highest BCUT2D eigenvalue weighted by molar-refractivity contribution is 5.94. The summed E-state index contributed by atoms with van der Waals surface area (Å²) in [5, 5.41) is 12.7.